The van der Waals surface area contributed by atoms with E-state index in [1.807, 2.05) is 24.3 Å². The van der Waals surface area contributed by atoms with Crippen molar-refractivity contribution in [3.8, 4) is 0 Å². The lowest BCUT2D eigenvalue weighted by Gasteiger charge is -2.32. The van der Waals surface area contributed by atoms with Gasteiger partial charge in [0.2, 0.25) is 0 Å². The molecule has 6 heteroatoms. The Morgan fingerprint density at radius 2 is 2.00 bits per heavy atom. The number of halogens is 1. The van der Waals surface area contributed by atoms with Gasteiger partial charge in [-0.2, -0.15) is 0 Å². The van der Waals surface area contributed by atoms with E-state index in [1.165, 1.54) is 18.2 Å². The summed E-state index contributed by atoms with van der Waals surface area (Å²) >= 11 is 0. The summed E-state index contributed by atoms with van der Waals surface area (Å²) < 4.78 is 17.9. The van der Waals surface area contributed by atoms with Crippen LogP contribution >= 0.6 is 0 Å². The lowest BCUT2D eigenvalue weighted by atomic mass is 10.0. The first-order chi connectivity index (χ1) is 13.6. The molecule has 1 aromatic heterocycles. The van der Waals surface area contributed by atoms with Gasteiger partial charge in [-0.1, -0.05) is 12.1 Å². The van der Waals surface area contributed by atoms with Crippen molar-refractivity contribution >= 4 is 17.9 Å². The van der Waals surface area contributed by atoms with E-state index in [0.717, 1.165) is 49.4 Å². The van der Waals surface area contributed by atoms with Crippen molar-refractivity contribution in [1.82, 2.24) is 9.88 Å². The second kappa shape index (κ2) is 9.99. The van der Waals surface area contributed by atoms with Crippen LogP contribution in [0.1, 0.15) is 30.9 Å². The summed E-state index contributed by atoms with van der Waals surface area (Å²) in [5.74, 6) is 0.295. The molecule has 0 aliphatic carbocycles. The van der Waals surface area contributed by atoms with Crippen molar-refractivity contribution in [3.05, 3.63) is 65.6 Å². The number of aromatic nitrogens is 1. The Kier molecular flexibility index (Phi) is 7.14. The number of nitrogens with zero attached hydrogens (tertiary/aromatic N) is 2. The first-order valence-corrected chi connectivity index (χ1v) is 9.66. The molecule has 1 aromatic carbocycles. The van der Waals surface area contributed by atoms with Crippen molar-refractivity contribution in [2.75, 3.05) is 25.0 Å². The second-order valence-electron chi connectivity index (χ2n) is 6.88. The smallest absolute Gasteiger partial charge is 0.330 e. The van der Waals surface area contributed by atoms with Crippen LogP contribution < -0.4 is 5.32 Å². The van der Waals surface area contributed by atoms with Gasteiger partial charge in [-0.15, -0.1) is 0 Å². The number of carbonyl (C=O) groups excluding carboxylic acids is 1. The maximum absolute atomic E-state index is 13.0. The number of hydrogen-bond acceptors (Lipinski definition) is 5. The third-order valence-corrected chi connectivity index (χ3v) is 4.74. The number of nitrogens with one attached hydrogen (secondary N) is 1. The molecule has 0 bridgehead atoms. The predicted octanol–water partition coefficient (Wildman–Crippen LogP) is 3.87. The zero-order valence-corrected chi connectivity index (χ0v) is 16.1. The summed E-state index contributed by atoms with van der Waals surface area (Å²) in [6, 6.07) is 11.0. The van der Waals surface area contributed by atoms with Crippen molar-refractivity contribution < 1.29 is 13.9 Å². The minimum absolute atomic E-state index is 0.193. The Morgan fingerprint density at radius 1 is 1.25 bits per heavy atom. The quantitative estimate of drug-likeness (QED) is 0.581. The summed E-state index contributed by atoms with van der Waals surface area (Å²) in [6.45, 7) is 4.99. The topological polar surface area (TPSA) is 54.5 Å². The Hall–Kier alpha value is -2.73. The molecule has 3 rings (SSSR count). The maximum Gasteiger partial charge on any atom is 0.330 e. The standard InChI is InChI=1S/C22H26FN3O2/c1-2-28-22(27)10-6-17-5-9-21(24-15-17)25-20-11-13-26(14-12-20)16-18-3-7-19(23)8-4-18/h3-10,15,20H,2,11-14,16H2,1H3,(H,24,25)/b10-6+. The molecule has 1 N–H and O–H groups in total. The first kappa shape index (κ1) is 20.0. The molecule has 2 aromatic rings. The van der Waals surface area contributed by atoms with Gasteiger partial charge in [0, 0.05) is 37.9 Å². The van der Waals surface area contributed by atoms with Crippen molar-refractivity contribution in [3.63, 3.8) is 0 Å². The van der Waals surface area contributed by atoms with Gasteiger partial charge in [0.15, 0.2) is 0 Å². The van der Waals surface area contributed by atoms with Crippen LogP contribution in [0.15, 0.2) is 48.7 Å². The molecule has 1 saturated heterocycles. The molecule has 5 nitrogen and oxygen atoms in total. The highest BCUT2D eigenvalue weighted by atomic mass is 19.1. The van der Waals surface area contributed by atoms with E-state index in [-0.39, 0.29) is 11.8 Å². The molecule has 1 fully saturated rings. The lowest BCUT2D eigenvalue weighted by molar-refractivity contribution is -0.137. The zero-order chi connectivity index (χ0) is 19.8. The lowest BCUT2D eigenvalue weighted by Crippen LogP contribution is -2.38. The number of piperidine rings is 1. The van der Waals surface area contributed by atoms with Crippen LogP contribution in [0.2, 0.25) is 0 Å². The van der Waals surface area contributed by atoms with Crippen LogP contribution in [0, 0.1) is 5.82 Å². The number of likely N-dealkylation sites (tertiary alicyclic amines) is 1. The monoisotopic (exact) mass is 383 g/mol. The largest absolute Gasteiger partial charge is 0.463 e. The van der Waals surface area contributed by atoms with Crippen LogP contribution in [0.3, 0.4) is 0 Å². The van der Waals surface area contributed by atoms with E-state index in [0.29, 0.717) is 12.6 Å². The molecular weight excluding hydrogens is 357 g/mol. The van der Waals surface area contributed by atoms with Crippen LogP contribution in [0.5, 0.6) is 0 Å². The molecule has 1 aliphatic heterocycles. The number of anilines is 1. The fourth-order valence-corrected chi connectivity index (χ4v) is 3.24. The fourth-order valence-electron chi connectivity index (χ4n) is 3.24. The molecule has 2 heterocycles. The third kappa shape index (κ3) is 6.16. The van der Waals surface area contributed by atoms with E-state index < -0.39 is 0 Å². The van der Waals surface area contributed by atoms with E-state index in [1.54, 1.807) is 19.2 Å². The van der Waals surface area contributed by atoms with E-state index in [4.69, 9.17) is 4.74 Å². The molecule has 0 amide bonds. The van der Waals surface area contributed by atoms with Gasteiger partial charge in [0.05, 0.1) is 6.61 Å². The second-order valence-corrected chi connectivity index (χ2v) is 6.88. The summed E-state index contributed by atoms with van der Waals surface area (Å²) in [5.41, 5.74) is 1.99. The Labute approximate surface area is 165 Å². The average Bonchev–Trinajstić information content (AvgIpc) is 2.71. The molecular formula is C22H26FN3O2. The first-order valence-electron chi connectivity index (χ1n) is 9.66. The van der Waals surface area contributed by atoms with Gasteiger partial charge in [-0.05, 0) is 61.2 Å². The van der Waals surface area contributed by atoms with Crippen LogP contribution in [0.25, 0.3) is 6.08 Å². The summed E-state index contributed by atoms with van der Waals surface area (Å²) in [7, 11) is 0. The van der Waals surface area contributed by atoms with Crippen molar-refractivity contribution in [2.45, 2.75) is 32.4 Å². The van der Waals surface area contributed by atoms with E-state index in [2.05, 4.69) is 15.2 Å². The van der Waals surface area contributed by atoms with Crippen LogP contribution in [-0.4, -0.2) is 41.6 Å². The van der Waals surface area contributed by atoms with Gasteiger partial charge < -0.3 is 10.1 Å². The molecule has 0 radical (unpaired) electrons. The Morgan fingerprint density at radius 3 is 2.64 bits per heavy atom. The number of benzene rings is 1. The molecule has 28 heavy (non-hydrogen) atoms. The Bertz CT molecular complexity index is 782. The Balaban J connectivity index is 1.44. The summed E-state index contributed by atoms with van der Waals surface area (Å²) in [4.78, 5) is 18.2. The number of esters is 1. The van der Waals surface area contributed by atoms with E-state index >= 15 is 0 Å². The molecule has 0 spiro atoms. The minimum atomic E-state index is -0.350. The fraction of sp³-hybridized carbons (Fsp3) is 0.364. The molecule has 0 saturated carbocycles. The highest BCUT2D eigenvalue weighted by molar-refractivity contribution is 5.86. The van der Waals surface area contributed by atoms with Crippen molar-refractivity contribution in [2.24, 2.45) is 0 Å². The van der Waals surface area contributed by atoms with E-state index in [9.17, 15) is 9.18 Å². The van der Waals surface area contributed by atoms with Gasteiger partial charge in [-0.25, -0.2) is 14.2 Å². The number of rotatable bonds is 7. The zero-order valence-electron chi connectivity index (χ0n) is 16.1. The minimum Gasteiger partial charge on any atom is -0.463 e. The predicted molar refractivity (Wildman–Crippen MR) is 108 cm³/mol. The molecule has 1 aliphatic rings. The molecule has 0 atom stereocenters. The van der Waals surface area contributed by atoms with Crippen LogP contribution in [-0.2, 0) is 16.1 Å². The van der Waals surface area contributed by atoms with Gasteiger partial charge in [0.25, 0.3) is 0 Å². The third-order valence-electron chi connectivity index (χ3n) is 4.74. The number of ether oxygens (including phenoxy) is 1. The average molecular weight is 383 g/mol. The molecule has 0 unspecified atom stereocenters. The van der Waals surface area contributed by atoms with Gasteiger partial charge >= 0.3 is 5.97 Å². The SMILES string of the molecule is CCOC(=O)/C=C/c1ccc(NC2CCN(Cc3ccc(F)cc3)CC2)nc1. The highest BCUT2D eigenvalue weighted by Gasteiger charge is 2.19. The number of hydrogen-bond donors (Lipinski definition) is 1. The number of carbonyl (C=O) groups is 1. The molecule has 148 valence electrons. The summed E-state index contributed by atoms with van der Waals surface area (Å²) in [6.07, 6.45) is 6.91. The summed E-state index contributed by atoms with van der Waals surface area (Å²) in [5, 5.41) is 3.48. The normalized spacial score (nSPS) is 15.6. The van der Waals surface area contributed by atoms with Gasteiger partial charge in [0.1, 0.15) is 11.6 Å². The maximum atomic E-state index is 13.0. The number of pyridine rings is 1. The van der Waals surface area contributed by atoms with Gasteiger partial charge in [-0.3, -0.25) is 4.90 Å². The van der Waals surface area contributed by atoms with Crippen molar-refractivity contribution in [1.29, 1.82) is 0 Å². The van der Waals surface area contributed by atoms with Crippen LogP contribution in [0.4, 0.5) is 10.2 Å². The highest BCUT2D eigenvalue weighted by Crippen LogP contribution is 2.18.